The van der Waals surface area contributed by atoms with E-state index in [-0.39, 0.29) is 12.5 Å². The number of piperidine rings is 1. The van der Waals surface area contributed by atoms with Crippen LogP contribution in [0.3, 0.4) is 0 Å². The Morgan fingerprint density at radius 2 is 1.89 bits per heavy atom. The van der Waals surface area contributed by atoms with Gasteiger partial charge < -0.3 is 14.7 Å². The monoisotopic (exact) mass is 387 g/mol. The Labute approximate surface area is 165 Å². The number of aryl methyl sites for hydroxylation is 2. The fraction of sp³-hybridized carbons (Fsp3) is 0.409. The van der Waals surface area contributed by atoms with E-state index in [4.69, 9.17) is 16.3 Å². The molecule has 3 rings (SSSR count). The number of halogens is 1. The van der Waals surface area contributed by atoms with Crippen LogP contribution in [-0.2, 0) is 11.2 Å². The van der Waals surface area contributed by atoms with Gasteiger partial charge in [-0.2, -0.15) is 0 Å². The molecule has 0 radical (unpaired) electrons. The fourth-order valence-electron chi connectivity index (χ4n) is 3.53. The molecule has 2 aromatic carbocycles. The molecule has 1 atom stereocenters. The third-order valence-electron chi connectivity index (χ3n) is 5.02. The van der Waals surface area contributed by atoms with Gasteiger partial charge in [0.15, 0.2) is 0 Å². The number of nitrogens with zero attached hydrogens (tertiary/aromatic N) is 1. The van der Waals surface area contributed by atoms with Crippen LogP contribution in [0.1, 0.15) is 29.5 Å². The summed E-state index contributed by atoms with van der Waals surface area (Å²) in [4.78, 5) is 14.4. The summed E-state index contributed by atoms with van der Waals surface area (Å²) in [6, 6.07) is 13.4. The SMILES string of the molecule is Cc1cc(OCC2(O)CCCN(C(=O)Cc3ccccc3)C2)cc(C)c1Cl. The lowest BCUT2D eigenvalue weighted by atomic mass is 9.93. The van der Waals surface area contributed by atoms with Crippen molar-refractivity contribution in [2.75, 3.05) is 19.7 Å². The number of carbonyl (C=O) groups excluding carboxylic acids is 1. The van der Waals surface area contributed by atoms with E-state index in [2.05, 4.69) is 0 Å². The lowest BCUT2D eigenvalue weighted by molar-refractivity contribution is -0.139. The average Bonchev–Trinajstić information content (AvgIpc) is 2.65. The predicted molar refractivity (Wildman–Crippen MR) is 107 cm³/mol. The second kappa shape index (κ2) is 8.32. The van der Waals surface area contributed by atoms with Gasteiger partial charge in [-0.15, -0.1) is 0 Å². The van der Waals surface area contributed by atoms with E-state index in [0.717, 1.165) is 28.1 Å². The molecule has 0 saturated carbocycles. The van der Waals surface area contributed by atoms with Crippen LogP contribution in [0.2, 0.25) is 5.02 Å². The van der Waals surface area contributed by atoms with Gasteiger partial charge in [-0.3, -0.25) is 4.79 Å². The van der Waals surface area contributed by atoms with Gasteiger partial charge in [-0.1, -0.05) is 41.9 Å². The van der Waals surface area contributed by atoms with E-state index in [1.165, 1.54) is 0 Å². The summed E-state index contributed by atoms with van der Waals surface area (Å²) in [7, 11) is 0. The third kappa shape index (κ3) is 5.02. The van der Waals surface area contributed by atoms with Crippen LogP contribution in [-0.4, -0.2) is 41.2 Å². The zero-order valence-electron chi connectivity index (χ0n) is 15.9. The second-order valence-corrected chi connectivity index (χ2v) is 7.84. The minimum absolute atomic E-state index is 0.0394. The number of rotatable bonds is 5. The van der Waals surface area contributed by atoms with Crippen LogP contribution < -0.4 is 4.74 Å². The molecule has 1 aliphatic heterocycles. The second-order valence-electron chi connectivity index (χ2n) is 7.47. The van der Waals surface area contributed by atoms with Crippen LogP contribution in [0, 0.1) is 13.8 Å². The smallest absolute Gasteiger partial charge is 0.227 e. The molecule has 144 valence electrons. The van der Waals surface area contributed by atoms with Crippen molar-refractivity contribution in [2.45, 2.75) is 38.7 Å². The topological polar surface area (TPSA) is 49.8 Å². The quantitative estimate of drug-likeness (QED) is 0.845. The number of benzene rings is 2. The van der Waals surface area contributed by atoms with Crippen LogP contribution in [0.4, 0.5) is 0 Å². The first-order valence-corrected chi connectivity index (χ1v) is 9.68. The van der Waals surface area contributed by atoms with Crippen molar-refractivity contribution in [1.82, 2.24) is 4.90 Å². The lowest BCUT2D eigenvalue weighted by Crippen LogP contribution is -2.53. The van der Waals surface area contributed by atoms with E-state index in [9.17, 15) is 9.90 Å². The Morgan fingerprint density at radius 1 is 1.22 bits per heavy atom. The molecule has 5 heteroatoms. The summed E-state index contributed by atoms with van der Waals surface area (Å²) in [5.74, 6) is 0.730. The number of carbonyl (C=O) groups is 1. The average molecular weight is 388 g/mol. The first-order valence-electron chi connectivity index (χ1n) is 9.30. The maximum absolute atomic E-state index is 12.6. The number of hydrogen-bond acceptors (Lipinski definition) is 3. The van der Waals surface area contributed by atoms with Crippen molar-refractivity contribution in [1.29, 1.82) is 0 Å². The molecule has 1 amide bonds. The Bertz CT molecular complexity index is 785. The summed E-state index contributed by atoms with van der Waals surface area (Å²) >= 11 is 6.20. The van der Waals surface area contributed by atoms with Gasteiger partial charge in [0, 0.05) is 11.6 Å². The highest BCUT2D eigenvalue weighted by atomic mass is 35.5. The van der Waals surface area contributed by atoms with Gasteiger partial charge >= 0.3 is 0 Å². The van der Waals surface area contributed by atoms with Crippen molar-refractivity contribution in [2.24, 2.45) is 0 Å². The van der Waals surface area contributed by atoms with Crippen LogP contribution in [0.5, 0.6) is 5.75 Å². The minimum atomic E-state index is -1.04. The Hall–Kier alpha value is -2.04. The summed E-state index contributed by atoms with van der Waals surface area (Å²) in [6.07, 6.45) is 1.74. The highest BCUT2D eigenvalue weighted by molar-refractivity contribution is 6.32. The Balaban J connectivity index is 1.61. The molecule has 1 fully saturated rings. The van der Waals surface area contributed by atoms with E-state index in [1.54, 1.807) is 4.90 Å². The molecule has 1 heterocycles. The fourth-order valence-corrected chi connectivity index (χ4v) is 3.64. The molecule has 0 spiro atoms. The lowest BCUT2D eigenvalue weighted by Gasteiger charge is -2.39. The first-order chi connectivity index (χ1) is 12.9. The van der Waals surface area contributed by atoms with Crippen molar-refractivity contribution in [3.63, 3.8) is 0 Å². The standard InChI is InChI=1S/C22H26ClNO3/c1-16-11-19(12-17(2)21(16)23)27-15-22(26)9-6-10-24(14-22)20(25)13-18-7-4-3-5-8-18/h3-5,7-8,11-12,26H,6,9-10,13-15H2,1-2H3. The number of amides is 1. The molecule has 0 aromatic heterocycles. The Kier molecular flexibility index (Phi) is 6.08. The highest BCUT2D eigenvalue weighted by Gasteiger charge is 2.36. The maximum atomic E-state index is 12.6. The molecule has 2 aromatic rings. The van der Waals surface area contributed by atoms with Crippen molar-refractivity contribution >= 4 is 17.5 Å². The van der Waals surface area contributed by atoms with Gasteiger partial charge in [0.2, 0.25) is 5.91 Å². The summed E-state index contributed by atoms with van der Waals surface area (Å²) in [6.45, 7) is 4.99. The molecule has 0 aliphatic carbocycles. The predicted octanol–water partition coefficient (Wildman–Crippen LogP) is 3.93. The normalized spacial score (nSPS) is 19.8. The number of hydrogen-bond donors (Lipinski definition) is 1. The van der Waals surface area contributed by atoms with Gasteiger partial charge in [0.25, 0.3) is 0 Å². The zero-order chi connectivity index (χ0) is 19.4. The summed E-state index contributed by atoms with van der Waals surface area (Å²) in [5, 5.41) is 11.7. The van der Waals surface area contributed by atoms with Gasteiger partial charge in [-0.25, -0.2) is 0 Å². The van der Waals surface area contributed by atoms with Crippen LogP contribution in [0.15, 0.2) is 42.5 Å². The van der Waals surface area contributed by atoms with E-state index in [0.29, 0.717) is 31.7 Å². The summed E-state index contributed by atoms with van der Waals surface area (Å²) < 4.78 is 5.86. The molecule has 1 N–H and O–H groups in total. The first kappa shape index (κ1) is 19.7. The number of ether oxygens (including phenoxy) is 1. The molecule has 0 bridgehead atoms. The number of β-amino-alcohol motifs (C(OH)–C–C–N with tert-alkyl or cyclic N) is 1. The minimum Gasteiger partial charge on any atom is -0.491 e. The van der Waals surface area contributed by atoms with Crippen molar-refractivity contribution in [3.8, 4) is 5.75 Å². The van der Waals surface area contributed by atoms with E-state index < -0.39 is 5.60 Å². The van der Waals surface area contributed by atoms with E-state index >= 15 is 0 Å². The number of aliphatic hydroxyl groups is 1. The molecule has 1 unspecified atom stereocenters. The molecule has 1 saturated heterocycles. The molecule has 1 aliphatic rings. The maximum Gasteiger partial charge on any atom is 0.227 e. The molecule has 4 nitrogen and oxygen atoms in total. The third-order valence-corrected chi connectivity index (χ3v) is 5.62. The van der Waals surface area contributed by atoms with Crippen LogP contribution >= 0.6 is 11.6 Å². The van der Waals surface area contributed by atoms with Gasteiger partial charge in [-0.05, 0) is 55.5 Å². The van der Waals surface area contributed by atoms with E-state index in [1.807, 2.05) is 56.3 Å². The zero-order valence-corrected chi connectivity index (χ0v) is 16.6. The highest BCUT2D eigenvalue weighted by Crippen LogP contribution is 2.28. The van der Waals surface area contributed by atoms with Crippen molar-refractivity contribution in [3.05, 3.63) is 64.2 Å². The largest absolute Gasteiger partial charge is 0.491 e. The Morgan fingerprint density at radius 3 is 2.56 bits per heavy atom. The molecule has 27 heavy (non-hydrogen) atoms. The summed E-state index contributed by atoms with van der Waals surface area (Å²) in [5.41, 5.74) is 1.84. The van der Waals surface area contributed by atoms with Crippen LogP contribution in [0.25, 0.3) is 0 Å². The van der Waals surface area contributed by atoms with Gasteiger partial charge in [0.1, 0.15) is 18.0 Å². The molecular formula is C22H26ClNO3. The van der Waals surface area contributed by atoms with Gasteiger partial charge in [0.05, 0.1) is 13.0 Å². The number of likely N-dealkylation sites (tertiary alicyclic amines) is 1. The van der Waals surface area contributed by atoms with Crippen molar-refractivity contribution < 1.29 is 14.6 Å². The molecular weight excluding hydrogens is 362 g/mol.